The van der Waals surface area contributed by atoms with Gasteiger partial charge in [-0.25, -0.2) is 0 Å². The second kappa shape index (κ2) is 5.91. The molecule has 0 aliphatic heterocycles. The van der Waals surface area contributed by atoms with Crippen LogP contribution in [-0.2, 0) is 6.54 Å². The van der Waals surface area contributed by atoms with Gasteiger partial charge in [0.15, 0.2) is 0 Å². The van der Waals surface area contributed by atoms with E-state index in [-0.39, 0.29) is 0 Å². The maximum atomic E-state index is 6.22. The van der Waals surface area contributed by atoms with E-state index < -0.39 is 0 Å². The maximum absolute atomic E-state index is 6.22. The zero-order valence-electron chi connectivity index (χ0n) is 9.20. The third-order valence-electron chi connectivity index (χ3n) is 2.18. The van der Waals surface area contributed by atoms with Crippen LogP contribution in [0.25, 0.3) is 10.6 Å². The van der Waals surface area contributed by atoms with Gasteiger partial charge in [-0.05, 0) is 28.5 Å². The van der Waals surface area contributed by atoms with Gasteiger partial charge in [0.1, 0.15) is 10.0 Å². The number of halogens is 2. The highest BCUT2D eigenvalue weighted by Crippen LogP contribution is 2.34. The molecule has 2 aromatic rings. The van der Waals surface area contributed by atoms with Crippen molar-refractivity contribution in [3.8, 4) is 10.6 Å². The molecule has 0 atom stereocenters. The number of nitrogens with zero attached hydrogens (tertiary/aromatic N) is 2. The molecule has 1 N–H and O–H groups in total. The zero-order valence-corrected chi connectivity index (χ0v) is 12.4. The van der Waals surface area contributed by atoms with Crippen LogP contribution in [0.15, 0.2) is 22.7 Å². The first-order valence-electron chi connectivity index (χ1n) is 5.20. The molecule has 1 aromatic heterocycles. The van der Waals surface area contributed by atoms with Crippen LogP contribution in [0.3, 0.4) is 0 Å². The standard InChI is InChI=1S/C11H11BrClN3S/c1-2-14-6-9-15-16-11(17-9)7-4-3-5-8(12)10(7)13/h3-5,14H,2,6H2,1H3. The van der Waals surface area contributed by atoms with E-state index in [1.165, 1.54) is 0 Å². The molecule has 1 heterocycles. The van der Waals surface area contributed by atoms with Crippen LogP contribution in [0, 0.1) is 0 Å². The summed E-state index contributed by atoms with van der Waals surface area (Å²) in [5.41, 5.74) is 0.918. The van der Waals surface area contributed by atoms with E-state index in [2.05, 4.69) is 38.4 Å². The lowest BCUT2D eigenvalue weighted by atomic mass is 10.2. The lowest BCUT2D eigenvalue weighted by Gasteiger charge is -2.00. The van der Waals surface area contributed by atoms with Crippen molar-refractivity contribution in [2.45, 2.75) is 13.5 Å². The Kier molecular flexibility index (Phi) is 4.50. The first kappa shape index (κ1) is 13.0. The number of rotatable bonds is 4. The van der Waals surface area contributed by atoms with Gasteiger partial charge in [0, 0.05) is 16.6 Å². The van der Waals surface area contributed by atoms with Gasteiger partial charge < -0.3 is 5.32 Å². The summed E-state index contributed by atoms with van der Waals surface area (Å²) < 4.78 is 0.875. The lowest BCUT2D eigenvalue weighted by Crippen LogP contribution is -2.11. The molecule has 0 aliphatic rings. The van der Waals surface area contributed by atoms with Crippen LogP contribution in [0.4, 0.5) is 0 Å². The third-order valence-corrected chi connectivity index (χ3v) is 4.43. The number of benzene rings is 1. The van der Waals surface area contributed by atoms with E-state index in [9.17, 15) is 0 Å². The number of hydrogen-bond acceptors (Lipinski definition) is 4. The van der Waals surface area contributed by atoms with Crippen molar-refractivity contribution >= 4 is 38.9 Å². The van der Waals surface area contributed by atoms with Gasteiger partial charge in [0.2, 0.25) is 0 Å². The van der Waals surface area contributed by atoms with E-state index in [0.29, 0.717) is 5.02 Å². The molecule has 3 nitrogen and oxygen atoms in total. The molecule has 1 aromatic carbocycles. The predicted octanol–water partition coefficient (Wildman–Crippen LogP) is 3.73. The Morgan fingerprint density at radius 1 is 1.41 bits per heavy atom. The molecule has 0 aliphatic carbocycles. The van der Waals surface area contributed by atoms with Crippen molar-refractivity contribution in [2.75, 3.05) is 6.54 Å². The van der Waals surface area contributed by atoms with Crippen LogP contribution < -0.4 is 5.32 Å². The molecule has 0 amide bonds. The summed E-state index contributed by atoms with van der Waals surface area (Å²) in [5, 5.41) is 14.0. The van der Waals surface area contributed by atoms with Crippen LogP contribution in [-0.4, -0.2) is 16.7 Å². The van der Waals surface area contributed by atoms with E-state index in [0.717, 1.165) is 33.1 Å². The van der Waals surface area contributed by atoms with E-state index >= 15 is 0 Å². The van der Waals surface area contributed by atoms with E-state index in [4.69, 9.17) is 11.6 Å². The number of nitrogens with one attached hydrogen (secondary N) is 1. The van der Waals surface area contributed by atoms with Gasteiger partial charge in [-0.15, -0.1) is 10.2 Å². The van der Waals surface area contributed by atoms with E-state index in [1.807, 2.05) is 18.2 Å². The van der Waals surface area contributed by atoms with Gasteiger partial charge in [-0.3, -0.25) is 0 Å². The quantitative estimate of drug-likeness (QED) is 0.927. The van der Waals surface area contributed by atoms with Gasteiger partial charge in [-0.1, -0.05) is 42.0 Å². The Labute approximate surface area is 117 Å². The summed E-state index contributed by atoms with van der Waals surface area (Å²) >= 11 is 11.2. The maximum Gasteiger partial charge on any atom is 0.149 e. The minimum Gasteiger partial charge on any atom is -0.311 e. The van der Waals surface area contributed by atoms with Crippen molar-refractivity contribution in [3.05, 3.63) is 32.7 Å². The Morgan fingerprint density at radius 2 is 2.24 bits per heavy atom. The highest BCUT2D eigenvalue weighted by Gasteiger charge is 2.11. The first-order chi connectivity index (χ1) is 8.22. The summed E-state index contributed by atoms with van der Waals surface area (Å²) in [6.45, 7) is 3.74. The number of aromatic nitrogens is 2. The van der Waals surface area contributed by atoms with Gasteiger partial charge >= 0.3 is 0 Å². The Morgan fingerprint density at radius 3 is 3.00 bits per heavy atom. The van der Waals surface area contributed by atoms with Crippen molar-refractivity contribution in [2.24, 2.45) is 0 Å². The minimum absolute atomic E-state index is 0.679. The normalized spacial score (nSPS) is 10.8. The first-order valence-corrected chi connectivity index (χ1v) is 7.18. The second-order valence-electron chi connectivity index (χ2n) is 3.38. The summed E-state index contributed by atoms with van der Waals surface area (Å²) in [4.78, 5) is 0. The Balaban J connectivity index is 2.27. The molecular weight excluding hydrogens is 322 g/mol. The van der Waals surface area contributed by atoms with E-state index in [1.54, 1.807) is 11.3 Å². The molecule has 0 unspecified atom stereocenters. The highest BCUT2D eigenvalue weighted by molar-refractivity contribution is 9.10. The third kappa shape index (κ3) is 3.04. The Hall–Kier alpha value is -0.490. The highest BCUT2D eigenvalue weighted by atomic mass is 79.9. The van der Waals surface area contributed by atoms with Gasteiger partial charge in [0.05, 0.1) is 5.02 Å². The van der Waals surface area contributed by atoms with Crippen LogP contribution in [0.1, 0.15) is 11.9 Å². The molecule has 0 fully saturated rings. The largest absolute Gasteiger partial charge is 0.311 e. The summed E-state index contributed by atoms with van der Waals surface area (Å²) in [6, 6.07) is 5.80. The van der Waals surface area contributed by atoms with Crippen LogP contribution >= 0.6 is 38.9 Å². The molecule has 90 valence electrons. The van der Waals surface area contributed by atoms with Crippen molar-refractivity contribution in [1.29, 1.82) is 0 Å². The fourth-order valence-electron chi connectivity index (χ4n) is 1.33. The molecule has 0 saturated carbocycles. The molecule has 0 spiro atoms. The van der Waals surface area contributed by atoms with Gasteiger partial charge in [-0.2, -0.15) is 0 Å². The van der Waals surface area contributed by atoms with Crippen LogP contribution in [0.5, 0.6) is 0 Å². The molecule has 17 heavy (non-hydrogen) atoms. The SMILES string of the molecule is CCNCc1nnc(-c2cccc(Br)c2Cl)s1. The molecular formula is C11H11BrClN3S. The van der Waals surface area contributed by atoms with Gasteiger partial charge in [0.25, 0.3) is 0 Å². The average molecular weight is 333 g/mol. The number of hydrogen-bond donors (Lipinski definition) is 1. The van der Waals surface area contributed by atoms with Crippen molar-refractivity contribution in [1.82, 2.24) is 15.5 Å². The van der Waals surface area contributed by atoms with Crippen molar-refractivity contribution in [3.63, 3.8) is 0 Å². The summed E-state index contributed by atoms with van der Waals surface area (Å²) in [6.07, 6.45) is 0. The topological polar surface area (TPSA) is 37.8 Å². The fraction of sp³-hybridized carbons (Fsp3) is 0.273. The van der Waals surface area contributed by atoms with Crippen LogP contribution in [0.2, 0.25) is 5.02 Å². The minimum atomic E-state index is 0.679. The molecule has 2 rings (SSSR count). The monoisotopic (exact) mass is 331 g/mol. The molecule has 0 bridgehead atoms. The second-order valence-corrected chi connectivity index (χ2v) is 5.68. The fourth-order valence-corrected chi connectivity index (χ4v) is 2.81. The molecule has 0 radical (unpaired) electrons. The Bertz CT molecular complexity index is 515. The zero-order chi connectivity index (χ0) is 12.3. The predicted molar refractivity (Wildman–Crippen MR) is 75.4 cm³/mol. The van der Waals surface area contributed by atoms with Crippen molar-refractivity contribution < 1.29 is 0 Å². The lowest BCUT2D eigenvalue weighted by molar-refractivity contribution is 0.715. The average Bonchev–Trinajstić information content (AvgIpc) is 2.78. The molecule has 0 saturated heterocycles. The smallest absolute Gasteiger partial charge is 0.149 e. The summed E-state index contributed by atoms with van der Waals surface area (Å²) in [5.74, 6) is 0. The molecule has 6 heteroatoms. The summed E-state index contributed by atoms with van der Waals surface area (Å²) in [7, 11) is 0.